The number of ether oxygens (including phenoxy) is 4. The molecule has 0 aromatic heterocycles. The third-order valence-electron chi connectivity index (χ3n) is 5.46. The smallest absolute Gasteiger partial charge is 0.322 e. The quantitative estimate of drug-likeness (QED) is 0.485. The number of carbonyl (C=O) groups is 2. The van der Waals surface area contributed by atoms with Crippen molar-refractivity contribution in [2.75, 3.05) is 27.9 Å². The van der Waals surface area contributed by atoms with Crippen molar-refractivity contribution < 1.29 is 32.9 Å². The number of methoxy groups -OCH3 is 3. The molecule has 3 rings (SSSR count). The second kappa shape index (κ2) is 9.24. The van der Waals surface area contributed by atoms with E-state index in [0.717, 1.165) is 5.56 Å². The zero-order valence-corrected chi connectivity index (χ0v) is 18.0. The molecule has 1 amide bonds. The van der Waals surface area contributed by atoms with Crippen LogP contribution in [0.1, 0.15) is 30.4 Å². The highest BCUT2D eigenvalue weighted by molar-refractivity contribution is 6.07. The summed E-state index contributed by atoms with van der Waals surface area (Å²) in [5.74, 6) is -0.478. The number of carbonyl (C=O) groups excluding carboxylic acids is 2. The van der Waals surface area contributed by atoms with Gasteiger partial charge in [0.2, 0.25) is 11.7 Å². The monoisotopic (exact) mass is 431 g/mol. The summed E-state index contributed by atoms with van der Waals surface area (Å²) < 4.78 is 34.5. The van der Waals surface area contributed by atoms with Gasteiger partial charge in [-0.2, -0.15) is 0 Å². The first-order valence-electron chi connectivity index (χ1n) is 9.91. The van der Waals surface area contributed by atoms with Crippen molar-refractivity contribution >= 4 is 11.9 Å². The van der Waals surface area contributed by atoms with E-state index >= 15 is 0 Å². The molecule has 0 spiro atoms. The summed E-state index contributed by atoms with van der Waals surface area (Å²) in [5, 5.41) is 2.79. The van der Waals surface area contributed by atoms with Crippen LogP contribution in [0.3, 0.4) is 0 Å². The molecule has 1 aliphatic rings. The number of nitrogens with one attached hydrogen (secondary N) is 1. The molecule has 0 heterocycles. The first kappa shape index (κ1) is 22.4. The molecular weight excluding hydrogens is 405 g/mol. The maximum absolute atomic E-state index is 13.1. The van der Waals surface area contributed by atoms with E-state index in [-0.39, 0.29) is 19.0 Å². The molecule has 0 saturated heterocycles. The summed E-state index contributed by atoms with van der Waals surface area (Å²) in [4.78, 5) is 25.9. The normalized spacial score (nSPS) is 19.3. The molecule has 2 aromatic carbocycles. The van der Waals surface area contributed by atoms with Crippen molar-refractivity contribution in [1.29, 1.82) is 0 Å². The molecule has 2 atom stereocenters. The summed E-state index contributed by atoms with van der Waals surface area (Å²) in [6.45, 7) is 2.02. The number of hydrogen-bond donors (Lipinski definition) is 1. The van der Waals surface area contributed by atoms with Crippen molar-refractivity contribution in [3.63, 3.8) is 0 Å². The number of hydrogen-bond acceptors (Lipinski definition) is 6. The Bertz CT molecular complexity index is 936. The van der Waals surface area contributed by atoms with Crippen LogP contribution in [0.5, 0.6) is 17.2 Å². The highest BCUT2D eigenvalue weighted by Gasteiger charge is 2.67. The van der Waals surface area contributed by atoms with E-state index < -0.39 is 23.2 Å². The largest absolute Gasteiger partial charge is 0.493 e. The van der Waals surface area contributed by atoms with Gasteiger partial charge in [-0.25, -0.2) is 4.39 Å². The van der Waals surface area contributed by atoms with Crippen molar-refractivity contribution in [3.05, 3.63) is 53.3 Å². The number of halogens is 1. The third-order valence-corrected chi connectivity index (χ3v) is 5.46. The molecule has 0 radical (unpaired) electrons. The van der Waals surface area contributed by atoms with Crippen LogP contribution in [0, 0.1) is 11.2 Å². The van der Waals surface area contributed by atoms with Crippen LogP contribution < -0.4 is 19.5 Å². The fourth-order valence-electron chi connectivity index (χ4n) is 3.74. The van der Waals surface area contributed by atoms with Gasteiger partial charge < -0.3 is 24.3 Å². The predicted molar refractivity (Wildman–Crippen MR) is 111 cm³/mol. The Morgan fingerprint density at radius 1 is 1.06 bits per heavy atom. The lowest BCUT2D eigenvalue weighted by Crippen LogP contribution is -2.39. The van der Waals surface area contributed by atoms with Gasteiger partial charge in [0.25, 0.3) is 0 Å². The number of amides is 1. The summed E-state index contributed by atoms with van der Waals surface area (Å²) in [6.07, 6.45) is 0.291. The van der Waals surface area contributed by atoms with Crippen molar-refractivity contribution in [1.82, 2.24) is 5.32 Å². The predicted octanol–water partition coefficient (Wildman–Crippen LogP) is 3.20. The molecule has 1 N–H and O–H groups in total. The second-order valence-electron chi connectivity index (χ2n) is 7.22. The van der Waals surface area contributed by atoms with E-state index in [1.165, 1.54) is 33.5 Å². The lowest BCUT2D eigenvalue weighted by Gasteiger charge is -2.18. The van der Waals surface area contributed by atoms with E-state index in [1.807, 2.05) is 0 Å². The molecule has 7 nitrogen and oxygen atoms in total. The van der Waals surface area contributed by atoms with E-state index in [0.29, 0.717) is 29.2 Å². The summed E-state index contributed by atoms with van der Waals surface area (Å²) >= 11 is 0. The summed E-state index contributed by atoms with van der Waals surface area (Å²) in [5.41, 5.74) is 0.0823. The molecule has 1 saturated carbocycles. The van der Waals surface area contributed by atoms with Gasteiger partial charge in [0.15, 0.2) is 16.9 Å². The van der Waals surface area contributed by atoms with Crippen LogP contribution in [-0.4, -0.2) is 39.8 Å². The fourth-order valence-corrected chi connectivity index (χ4v) is 3.74. The molecule has 1 fully saturated rings. The van der Waals surface area contributed by atoms with Crippen molar-refractivity contribution in [2.45, 2.75) is 25.8 Å². The van der Waals surface area contributed by atoms with Gasteiger partial charge in [0.05, 0.1) is 27.9 Å². The molecular formula is C23H26FNO6. The van der Waals surface area contributed by atoms with Crippen molar-refractivity contribution in [2.24, 2.45) is 5.41 Å². The minimum absolute atomic E-state index is 0.161. The van der Waals surface area contributed by atoms with Crippen LogP contribution in [0.4, 0.5) is 4.39 Å². The zero-order valence-electron chi connectivity index (χ0n) is 18.0. The zero-order chi connectivity index (χ0) is 22.6. The van der Waals surface area contributed by atoms with E-state index in [1.54, 1.807) is 31.2 Å². The van der Waals surface area contributed by atoms with Gasteiger partial charge in [-0.3, -0.25) is 9.59 Å². The maximum atomic E-state index is 13.1. The molecule has 0 bridgehead atoms. The summed E-state index contributed by atoms with van der Waals surface area (Å²) in [7, 11) is 4.51. The molecule has 31 heavy (non-hydrogen) atoms. The SMILES string of the molecule is CCOC(=O)[C@]1(C(=O)NCc2ccc(F)cc2)C[C@H]1c1cc(OC)c(OC)c(OC)c1. The Kier molecular flexibility index (Phi) is 6.68. The molecule has 0 aliphatic heterocycles. The average Bonchev–Trinajstić information content (AvgIpc) is 3.54. The molecule has 1 aliphatic carbocycles. The third kappa shape index (κ3) is 4.28. The van der Waals surface area contributed by atoms with Gasteiger partial charge in [0, 0.05) is 12.5 Å². The Labute approximate surface area is 180 Å². The average molecular weight is 431 g/mol. The van der Waals surface area contributed by atoms with Crippen LogP contribution in [-0.2, 0) is 20.9 Å². The summed E-state index contributed by atoms with van der Waals surface area (Å²) in [6, 6.07) is 9.27. The molecule has 8 heteroatoms. The Balaban J connectivity index is 1.88. The maximum Gasteiger partial charge on any atom is 0.322 e. The minimum atomic E-state index is -1.35. The van der Waals surface area contributed by atoms with Crippen LogP contribution in [0.15, 0.2) is 36.4 Å². The number of rotatable bonds is 9. The Hall–Kier alpha value is -3.29. The topological polar surface area (TPSA) is 83.1 Å². The highest BCUT2D eigenvalue weighted by atomic mass is 19.1. The Morgan fingerprint density at radius 2 is 1.68 bits per heavy atom. The van der Waals surface area contributed by atoms with E-state index in [4.69, 9.17) is 18.9 Å². The van der Waals surface area contributed by atoms with Crippen LogP contribution in [0.2, 0.25) is 0 Å². The van der Waals surface area contributed by atoms with Gasteiger partial charge >= 0.3 is 5.97 Å². The first-order valence-corrected chi connectivity index (χ1v) is 9.91. The number of benzene rings is 2. The lowest BCUT2D eigenvalue weighted by atomic mass is 9.97. The van der Waals surface area contributed by atoms with Gasteiger partial charge in [-0.15, -0.1) is 0 Å². The van der Waals surface area contributed by atoms with Gasteiger partial charge in [0.1, 0.15) is 5.82 Å². The molecule has 2 aromatic rings. The highest BCUT2D eigenvalue weighted by Crippen LogP contribution is 2.61. The van der Waals surface area contributed by atoms with Gasteiger partial charge in [-0.1, -0.05) is 12.1 Å². The van der Waals surface area contributed by atoms with Crippen LogP contribution in [0.25, 0.3) is 0 Å². The van der Waals surface area contributed by atoms with Gasteiger partial charge in [-0.05, 0) is 48.7 Å². The lowest BCUT2D eigenvalue weighted by molar-refractivity contribution is -0.154. The fraction of sp³-hybridized carbons (Fsp3) is 0.391. The molecule has 166 valence electrons. The molecule has 0 unspecified atom stereocenters. The second-order valence-corrected chi connectivity index (χ2v) is 7.22. The van der Waals surface area contributed by atoms with Crippen molar-refractivity contribution in [3.8, 4) is 17.2 Å². The first-order chi connectivity index (χ1) is 14.9. The Morgan fingerprint density at radius 3 is 2.19 bits per heavy atom. The van der Waals surface area contributed by atoms with E-state index in [2.05, 4.69) is 5.32 Å². The minimum Gasteiger partial charge on any atom is -0.493 e. The van der Waals surface area contributed by atoms with Crippen LogP contribution >= 0.6 is 0 Å². The number of esters is 1. The van der Waals surface area contributed by atoms with E-state index in [9.17, 15) is 14.0 Å². The standard InChI is InChI=1S/C23H26FNO6/c1-5-31-22(27)23(21(26)25-13-14-6-8-16(24)9-7-14)12-17(23)15-10-18(28-2)20(30-4)19(11-15)29-3/h6-11,17H,5,12-13H2,1-4H3,(H,25,26)/t17-,23+/m0/s1.